The molecule has 3 fully saturated rings. The lowest BCUT2D eigenvalue weighted by atomic mass is 9.73. The van der Waals surface area contributed by atoms with Gasteiger partial charge in [0, 0.05) is 43.0 Å². The molecule has 1 aromatic heterocycles. The number of nitrogens with zero attached hydrogens (tertiary/aromatic N) is 2. The van der Waals surface area contributed by atoms with Crippen LogP contribution < -0.4 is 10.7 Å². The minimum Gasteiger partial charge on any atom is -0.503 e. The van der Waals surface area contributed by atoms with Gasteiger partial charge in [-0.05, 0) is 18.3 Å². The Morgan fingerprint density at radius 1 is 1.19 bits per heavy atom. The van der Waals surface area contributed by atoms with Gasteiger partial charge in [-0.2, -0.15) is 0 Å². The van der Waals surface area contributed by atoms with E-state index in [9.17, 15) is 32.7 Å². The van der Waals surface area contributed by atoms with Gasteiger partial charge in [-0.3, -0.25) is 14.4 Å². The summed E-state index contributed by atoms with van der Waals surface area (Å²) in [5.74, 6) is -5.03. The van der Waals surface area contributed by atoms with Crippen LogP contribution in [0.25, 0.3) is 0 Å². The van der Waals surface area contributed by atoms with Crippen molar-refractivity contribution >= 4 is 11.8 Å². The summed E-state index contributed by atoms with van der Waals surface area (Å²) in [7, 11) is 0. The van der Waals surface area contributed by atoms with E-state index < -0.39 is 58.1 Å². The van der Waals surface area contributed by atoms with E-state index in [4.69, 9.17) is 0 Å². The number of hydrogen-bond donors (Lipinski definition) is 2. The van der Waals surface area contributed by atoms with Gasteiger partial charge in [-0.1, -0.05) is 6.92 Å². The highest BCUT2D eigenvalue weighted by Gasteiger charge is 2.59. The zero-order valence-corrected chi connectivity index (χ0v) is 16.4. The third-order valence-electron chi connectivity index (χ3n) is 6.86. The van der Waals surface area contributed by atoms with Gasteiger partial charge in [0.25, 0.3) is 11.8 Å². The third kappa shape index (κ3) is 2.70. The van der Waals surface area contributed by atoms with Gasteiger partial charge in [-0.15, -0.1) is 0 Å². The first-order valence-electron chi connectivity index (χ1n) is 9.89. The lowest BCUT2D eigenvalue weighted by Crippen LogP contribution is -2.47. The molecule has 162 valence electrons. The SMILES string of the molecule is C[C@H]1[C@H]2C[C@@H]1N1C(=O)c3c(O)c(=O)c(C(=O)NCc4c(F)cc(F)cc4F)cn3C[C@@H]21. The number of aromatic nitrogens is 1. The van der Waals surface area contributed by atoms with Crippen molar-refractivity contribution in [3.8, 4) is 5.75 Å². The highest BCUT2D eigenvalue weighted by molar-refractivity contribution is 5.99. The van der Waals surface area contributed by atoms with Crippen molar-refractivity contribution in [1.82, 2.24) is 14.8 Å². The van der Waals surface area contributed by atoms with Gasteiger partial charge in [0.1, 0.15) is 23.0 Å². The van der Waals surface area contributed by atoms with E-state index in [1.807, 2.05) is 0 Å². The summed E-state index contributed by atoms with van der Waals surface area (Å²) >= 11 is 0. The molecule has 1 aromatic carbocycles. The highest BCUT2D eigenvalue weighted by atomic mass is 19.1. The fraction of sp³-hybridized carbons (Fsp3) is 0.381. The van der Waals surface area contributed by atoms with E-state index in [2.05, 4.69) is 12.2 Å². The number of carbonyl (C=O) groups is 2. The standard InChI is InChI=1S/C21H18F3N3O4/c1-8-10-4-15(8)27-16(10)7-26-6-12(18(28)19(29)17(26)21(27)31)20(30)25-5-11-13(23)2-9(22)3-14(11)24/h2-3,6,8,10,15-16,29H,4-5,7H2,1H3,(H,25,30)/t8-,10+,15-,16-/m0/s1. The van der Waals surface area contributed by atoms with Crippen LogP contribution in [-0.2, 0) is 13.1 Å². The van der Waals surface area contributed by atoms with Crippen molar-refractivity contribution in [2.75, 3.05) is 0 Å². The monoisotopic (exact) mass is 433 g/mol. The third-order valence-corrected chi connectivity index (χ3v) is 6.86. The van der Waals surface area contributed by atoms with Crippen LogP contribution in [0.15, 0.2) is 23.1 Å². The Kier molecular flexibility index (Phi) is 4.18. The number of carbonyl (C=O) groups excluding carboxylic acids is 2. The molecule has 7 nitrogen and oxygen atoms in total. The molecule has 2 N–H and O–H groups in total. The maximum atomic E-state index is 13.8. The predicted molar refractivity (Wildman–Crippen MR) is 101 cm³/mol. The molecule has 3 aliphatic heterocycles. The average molecular weight is 433 g/mol. The Morgan fingerprint density at radius 2 is 1.87 bits per heavy atom. The second-order valence-corrected chi connectivity index (χ2v) is 8.36. The number of pyridine rings is 1. The second-order valence-electron chi connectivity index (χ2n) is 8.36. The maximum Gasteiger partial charge on any atom is 0.275 e. The Balaban J connectivity index is 1.44. The molecule has 4 atom stereocenters. The summed E-state index contributed by atoms with van der Waals surface area (Å²) in [6.45, 7) is 1.77. The highest BCUT2D eigenvalue weighted by Crippen LogP contribution is 2.52. The van der Waals surface area contributed by atoms with Gasteiger partial charge >= 0.3 is 0 Å². The first-order valence-corrected chi connectivity index (χ1v) is 9.89. The number of amides is 2. The minimum absolute atomic E-state index is 0.0692. The summed E-state index contributed by atoms with van der Waals surface area (Å²) in [6.07, 6.45) is 2.07. The summed E-state index contributed by atoms with van der Waals surface area (Å²) in [4.78, 5) is 39.8. The van der Waals surface area contributed by atoms with Gasteiger partial charge in [-0.25, -0.2) is 13.2 Å². The van der Waals surface area contributed by atoms with E-state index in [0.717, 1.165) is 6.42 Å². The Morgan fingerprint density at radius 3 is 2.52 bits per heavy atom. The van der Waals surface area contributed by atoms with Crippen LogP contribution in [0.4, 0.5) is 13.2 Å². The molecular weight excluding hydrogens is 415 g/mol. The summed E-state index contributed by atoms with van der Waals surface area (Å²) < 4.78 is 42.0. The van der Waals surface area contributed by atoms with E-state index in [0.29, 0.717) is 30.5 Å². The molecule has 4 aliphatic rings. The Labute approximate surface area is 174 Å². The van der Waals surface area contributed by atoms with Crippen LogP contribution in [0.1, 0.15) is 39.8 Å². The lowest BCUT2D eigenvalue weighted by Gasteiger charge is -2.34. The van der Waals surface area contributed by atoms with Crippen LogP contribution in [0, 0.1) is 29.3 Å². The summed E-state index contributed by atoms with van der Waals surface area (Å²) in [5.41, 5.74) is -2.23. The fourth-order valence-electron chi connectivity index (χ4n) is 5.16. The number of halogens is 3. The molecule has 2 aromatic rings. The smallest absolute Gasteiger partial charge is 0.275 e. The van der Waals surface area contributed by atoms with Crippen molar-refractivity contribution in [3.05, 3.63) is 62.8 Å². The quantitative estimate of drug-likeness (QED) is 0.772. The Hall–Kier alpha value is -3.30. The topological polar surface area (TPSA) is 91.6 Å². The zero-order chi connectivity index (χ0) is 22.2. The van der Waals surface area contributed by atoms with E-state index in [1.165, 1.54) is 10.8 Å². The van der Waals surface area contributed by atoms with Crippen molar-refractivity contribution in [2.24, 2.45) is 11.8 Å². The van der Waals surface area contributed by atoms with Crippen LogP contribution in [0.2, 0.25) is 0 Å². The molecule has 2 saturated heterocycles. The van der Waals surface area contributed by atoms with Crippen LogP contribution in [0.5, 0.6) is 5.75 Å². The molecule has 0 radical (unpaired) electrons. The maximum absolute atomic E-state index is 13.8. The molecule has 6 rings (SSSR count). The van der Waals surface area contributed by atoms with Gasteiger partial charge in [0.2, 0.25) is 5.43 Å². The molecular formula is C21H18F3N3O4. The largest absolute Gasteiger partial charge is 0.503 e. The molecule has 31 heavy (non-hydrogen) atoms. The number of aromatic hydroxyl groups is 1. The number of hydrogen-bond acceptors (Lipinski definition) is 4. The van der Waals surface area contributed by atoms with Gasteiger partial charge in [0.15, 0.2) is 11.4 Å². The normalized spacial score (nSPS) is 25.7. The minimum atomic E-state index is -1.18. The van der Waals surface area contributed by atoms with Gasteiger partial charge in [0.05, 0.1) is 6.04 Å². The van der Waals surface area contributed by atoms with E-state index in [1.54, 1.807) is 4.90 Å². The van der Waals surface area contributed by atoms with Crippen molar-refractivity contribution in [3.63, 3.8) is 0 Å². The molecule has 4 heterocycles. The molecule has 2 bridgehead atoms. The average Bonchev–Trinajstić information content (AvgIpc) is 3.22. The number of nitrogens with one attached hydrogen (secondary N) is 1. The molecule has 0 unspecified atom stereocenters. The number of fused-ring (bicyclic) bond motifs is 1. The summed E-state index contributed by atoms with van der Waals surface area (Å²) in [5, 5.41) is 12.6. The van der Waals surface area contributed by atoms with Crippen LogP contribution >= 0.6 is 0 Å². The first kappa shape index (κ1) is 19.7. The Bertz CT molecular complexity index is 1190. The lowest BCUT2D eigenvalue weighted by molar-refractivity contribution is 0.0610. The number of rotatable bonds is 3. The van der Waals surface area contributed by atoms with Crippen molar-refractivity contribution in [1.29, 1.82) is 0 Å². The van der Waals surface area contributed by atoms with E-state index >= 15 is 0 Å². The number of benzene rings is 1. The molecule has 10 heteroatoms. The first-order chi connectivity index (χ1) is 14.7. The van der Waals surface area contributed by atoms with Crippen LogP contribution in [-0.4, -0.2) is 38.5 Å². The molecule has 1 aliphatic carbocycles. The zero-order valence-electron chi connectivity index (χ0n) is 16.4. The van der Waals surface area contributed by atoms with Crippen molar-refractivity contribution < 1.29 is 27.9 Å². The van der Waals surface area contributed by atoms with Gasteiger partial charge < -0.3 is 19.9 Å². The molecule has 1 saturated carbocycles. The molecule has 0 spiro atoms. The molecule has 2 amide bonds. The predicted octanol–water partition coefficient (Wildman–Crippen LogP) is 1.76. The van der Waals surface area contributed by atoms with E-state index in [-0.39, 0.29) is 17.8 Å². The van der Waals surface area contributed by atoms with Crippen LogP contribution in [0.3, 0.4) is 0 Å². The fourth-order valence-corrected chi connectivity index (χ4v) is 5.16. The second kappa shape index (κ2) is 6.60. The van der Waals surface area contributed by atoms with Crippen molar-refractivity contribution in [2.45, 2.75) is 38.5 Å². The summed E-state index contributed by atoms with van der Waals surface area (Å²) in [6, 6.07) is 0.985.